The molecule has 30 heavy (non-hydrogen) atoms. The average molecular weight is 394 g/mol. The van der Waals surface area contributed by atoms with E-state index in [2.05, 4.69) is 59.5 Å². The minimum Gasteiger partial charge on any atom is -0.457 e. The summed E-state index contributed by atoms with van der Waals surface area (Å²) in [6.45, 7) is 4.16. The second kappa shape index (κ2) is 7.59. The van der Waals surface area contributed by atoms with E-state index >= 15 is 0 Å². The first-order valence-electron chi connectivity index (χ1n) is 10.0. The van der Waals surface area contributed by atoms with Crippen molar-refractivity contribution in [2.75, 3.05) is 5.32 Å². The summed E-state index contributed by atoms with van der Waals surface area (Å²) in [5.41, 5.74) is 7.49. The number of nitrogens with zero attached hydrogens (tertiary/aromatic N) is 3. The number of anilines is 1. The summed E-state index contributed by atoms with van der Waals surface area (Å²) in [4.78, 5) is 13.6. The van der Waals surface area contributed by atoms with Crippen molar-refractivity contribution in [3.05, 3.63) is 89.4 Å². The minimum absolute atomic E-state index is 0.743. The lowest BCUT2D eigenvalue weighted by molar-refractivity contribution is 0.482. The topological polar surface area (TPSA) is 58.9 Å². The van der Waals surface area contributed by atoms with E-state index < -0.39 is 0 Å². The van der Waals surface area contributed by atoms with Gasteiger partial charge in [-0.25, -0.2) is 4.99 Å². The van der Waals surface area contributed by atoms with Gasteiger partial charge < -0.3 is 10.1 Å². The molecular weight excluding hydrogens is 372 g/mol. The number of allylic oxidation sites excluding steroid dienone is 1. The van der Waals surface area contributed by atoms with Crippen molar-refractivity contribution in [1.82, 2.24) is 4.98 Å². The average Bonchev–Trinajstić information content (AvgIpc) is 3.35. The molecule has 2 aliphatic rings. The zero-order chi connectivity index (χ0) is 20.5. The molecule has 2 aliphatic heterocycles. The van der Waals surface area contributed by atoms with E-state index in [1.165, 1.54) is 16.7 Å². The molecule has 0 bridgehead atoms. The van der Waals surface area contributed by atoms with E-state index in [0.29, 0.717) is 0 Å². The third-order valence-corrected chi connectivity index (χ3v) is 5.16. The van der Waals surface area contributed by atoms with Crippen LogP contribution in [0, 0.1) is 6.92 Å². The Labute approximate surface area is 175 Å². The number of aromatic nitrogens is 1. The Morgan fingerprint density at radius 2 is 1.73 bits per heavy atom. The van der Waals surface area contributed by atoms with Gasteiger partial charge in [0.15, 0.2) is 0 Å². The van der Waals surface area contributed by atoms with Crippen molar-refractivity contribution in [1.29, 1.82) is 0 Å². The van der Waals surface area contributed by atoms with Crippen LogP contribution in [0.4, 0.5) is 11.4 Å². The second-order valence-electron chi connectivity index (χ2n) is 7.72. The van der Waals surface area contributed by atoms with Crippen LogP contribution in [-0.4, -0.2) is 16.5 Å². The van der Waals surface area contributed by atoms with Crippen molar-refractivity contribution in [3.8, 4) is 11.5 Å². The SMILES string of the molecule is CC1=CN=C(c2cc(Oc3ccc4c(c3)N=C(Nc3ccc(C)cc3)C4)ccn2)C1. The third-order valence-electron chi connectivity index (χ3n) is 5.16. The summed E-state index contributed by atoms with van der Waals surface area (Å²) in [5, 5.41) is 3.41. The molecule has 5 nitrogen and oxygen atoms in total. The quantitative estimate of drug-likeness (QED) is 0.592. The number of benzene rings is 2. The van der Waals surface area contributed by atoms with Gasteiger partial charge in [0, 0.05) is 43.1 Å². The number of aryl methyl sites for hydroxylation is 1. The van der Waals surface area contributed by atoms with E-state index in [-0.39, 0.29) is 0 Å². The van der Waals surface area contributed by atoms with Crippen LogP contribution < -0.4 is 10.1 Å². The molecule has 0 amide bonds. The Kier molecular flexibility index (Phi) is 4.64. The second-order valence-corrected chi connectivity index (χ2v) is 7.72. The van der Waals surface area contributed by atoms with Gasteiger partial charge in [-0.3, -0.25) is 9.98 Å². The zero-order valence-corrected chi connectivity index (χ0v) is 17.0. The molecule has 0 spiro atoms. The molecule has 0 saturated heterocycles. The van der Waals surface area contributed by atoms with Crippen molar-refractivity contribution in [2.24, 2.45) is 9.98 Å². The molecule has 1 aromatic heterocycles. The van der Waals surface area contributed by atoms with Crippen molar-refractivity contribution >= 4 is 22.9 Å². The van der Waals surface area contributed by atoms with E-state index in [1.54, 1.807) is 6.20 Å². The van der Waals surface area contributed by atoms with Gasteiger partial charge in [0.05, 0.1) is 17.1 Å². The number of aliphatic imine (C=N–C) groups is 2. The molecule has 3 aromatic rings. The van der Waals surface area contributed by atoms with Gasteiger partial charge in [-0.05, 0) is 49.2 Å². The molecule has 0 atom stereocenters. The molecule has 0 radical (unpaired) electrons. The fourth-order valence-corrected chi connectivity index (χ4v) is 3.57. The Bertz CT molecular complexity index is 1210. The summed E-state index contributed by atoms with van der Waals surface area (Å²) in [7, 11) is 0. The van der Waals surface area contributed by atoms with Gasteiger partial charge in [-0.2, -0.15) is 0 Å². The molecule has 0 aliphatic carbocycles. The first kappa shape index (κ1) is 18.3. The highest BCUT2D eigenvalue weighted by Gasteiger charge is 2.16. The van der Waals surface area contributed by atoms with Crippen LogP contribution in [0.25, 0.3) is 0 Å². The lowest BCUT2D eigenvalue weighted by Gasteiger charge is -2.08. The third kappa shape index (κ3) is 3.87. The van der Waals surface area contributed by atoms with Gasteiger partial charge in [-0.1, -0.05) is 23.8 Å². The lowest BCUT2D eigenvalue weighted by Crippen LogP contribution is -2.11. The lowest BCUT2D eigenvalue weighted by atomic mass is 10.1. The highest BCUT2D eigenvalue weighted by molar-refractivity contribution is 6.03. The predicted octanol–water partition coefficient (Wildman–Crippen LogP) is 5.98. The summed E-state index contributed by atoms with van der Waals surface area (Å²) in [5.74, 6) is 2.44. The number of ether oxygens (including phenoxy) is 1. The number of pyridine rings is 1. The highest BCUT2D eigenvalue weighted by Crippen LogP contribution is 2.33. The van der Waals surface area contributed by atoms with Crippen LogP contribution >= 0.6 is 0 Å². The molecular formula is C25H22N4O. The summed E-state index contributed by atoms with van der Waals surface area (Å²) in [6, 6.07) is 18.2. The minimum atomic E-state index is 0.743. The first-order chi connectivity index (χ1) is 14.6. The van der Waals surface area contributed by atoms with Crippen LogP contribution in [0.5, 0.6) is 11.5 Å². The normalized spacial score (nSPS) is 14.7. The summed E-state index contributed by atoms with van der Waals surface area (Å²) < 4.78 is 6.10. The van der Waals surface area contributed by atoms with Crippen molar-refractivity contribution < 1.29 is 4.74 Å². The van der Waals surface area contributed by atoms with Crippen LogP contribution in [0.2, 0.25) is 0 Å². The molecule has 148 valence electrons. The maximum absolute atomic E-state index is 6.10. The van der Waals surface area contributed by atoms with Crippen LogP contribution in [-0.2, 0) is 6.42 Å². The molecule has 3 heterocycles. The molecule has 0 saturated carbocycles. The maximum atomic E-state index is 6.10. The Morgan fingerprint density at radius 3 is 2.53 bits per heavy atom. The smallest absolute Gasteiger partial charge is 0.131 e. The maximum Gasteiger partial charge on any atom is 0.131 e. The fourth-order valence-electron chi connectivity index (χ4n) is 3.57. The molecule has 0 unspecified atom stereocenters. The van der Waals surface area contributed by atoms with E-state index in [0.717, 1.165) is 53.0 Å². The van der Waals surface area contributed by atoms with E-state index in [1.807, 2.05) is 30.5 Å². The molecule has 0 fully saturated rings. The highest BCUT2D eigenvalue weighted by atomic mass is 16.5. The molecule has 5 heteroatoms. The molecule has 2 aromatic carbocycles. The van der Waals surface area contributed by atoms with Crippen LogP contribution in [0.1, 0.15) is 30.2 Å². The standard InChI is InChI=1S/C25H22N4O/c1-16-3-6-19(7-4-16)28-25-12-18-5-8-20(13-22(18)29-25)30-21-9-10-26-24(14-21)23-11-17(2)15-27-23/h3-10,13-15H,11-12H2,1-2H3,(H,28,29). The van der Waals surface area contributed by atoms with Gasteiger partial charge in [-0.15, -0.1) is 0 Å². The van der Waals surface area contributed by atoms with Crippen molar-refractivity contribution in [3.63, 3.8) is 0 Å². The number of nitrogens with one attached hydrogen (secondary N) is 1. The van der Waals surface area contributed by atoms with Gasteiger partial charge >= 0.3 is 0 Å². The van der Waals surface area contributed by atoms with Gasteiger partial charge in [0.25, 0.3) is 0 Å². The number of rotatable bonds is 4. The number of amidine groups is 1. The monoisotopic (exact) mass is 394 g/mol. The summed E-state index contributed by atoms with van der Waals surface area (Å²) >= 11 is 0. The van der Waals surface area contributed by atoms with E-state index in [4.69, 9.17) is 9.73 Å². The van der Waals surface area contributed by atoms with Crippen molar-refractivity contribution in [2.45, 2.75) is 26.7 Å². The zero-order valence-electron chi connectivity index (χ0n) is 17.0. The largest absolute Gasteiger partial charge is 0.457 e. The number of hydrogen-bond donors (Lipinski definition) is 1. The number of fused-ring (bicyclic) bond motifs is 1. The fraction of sp³-hybridized carbons (Fsp3) is 0.160. The number of hydrogen-bond acceptors (Lipinski definition) is 5. The van der Waals surface area contributed by atoms with Crippen LogP contribution in [0.15, 0.2) is 82.6 Å². The Balaban J connectivity index is 1.31. The molecule has 1 N–H and O–H groups in total. The molecule has 5 rings (SSSR count). The first-order valence-corrected chi connectivity index (χ1v) is 10.0. The predicted molar refractivity (Wildman–Crippen MR) is 121 cm³/mol. The van der Waals surface area contributed by atoms with Gasteiger partial charge in [0.2, 0.25) is 0 Å². The Morgan fingerprint density at radius 1 is 0.900 bits per heavy atom. The Hall–Kier alpha value is -3.73. The van der Waals surface area contributed by atoms with Crippen LogP contribution in [0.3, 0.4) is 0 Å². The van der Waals surface area contributed by atoms with E-state index in [9.17, 15) is 0 Å². The van der Waals surface area contributed by atoms with Gasteiger partial charge in [0.1, 0.15) is 17.3 Å². The summed E-state index contributed by atoms with van der Waals surface area (Å²) in [6.07, 6.45) is 5.27.